The minimum atomic E-state index is 0.277. The number of nitrogens with zero attached hydrogens (tertiary/aromatic N) is 3. The Balaban J connectivity index is 1.95. The number of aromatic nitrogens is 1. The van der Waals surface area contributed by atoms with Gasteiger partial charge in [0.1, 0.15) is 5.00 Å². The molecule has 1 aromatic heterocycles. The van der Waals surface area contributed by atoms with Gasteiger partial charge >= 0.3 is 0 Å². The van der Waals surface area contributed by atoms with Gasteiger partial charge in [0.25, 0.3) is 0 Å². The first-order chi connectivity index (χ1) is 7.47. The first-order valence-electron chi connectivity index (χ1n) is 5.68. The van der Waals surface area contributed by atoms with Gasteiger partial charge in [0.05, 0.1) is 6.20 Å². The summed E-state index contributed by atoms with van der Waals surface area (Å²) < 4.78 is 0. The first-order valence-corrected chi connectivity index (χ1v) is 6.50. The van der Waals surface area contributed by atoms with E-state index in [-0.39, 0.29) is 5.54 Å². The molecule has 16 heavy (non-hydrogen) atoms. The summed E-state index contributed by atoms with van der Waals surface area (Å²) in [6, 6.07) is 0. The molecule has 0 saturated carbocycles. The quantitative estimate of drug-likeness (QED) is 0.810. The predicted molar refractivity (Wildman–Crippen MR) is 70.1 cm³/mol. The molecule has 0 aromatic carbocycles. The Labute approximate surface area is 101 Å². The molecule has 0 bridgehead atoms. The van der Waals surface area contributed by atoms with Crippen LogP contribution < -0.4 is 10.6 Å². The number of nitrogen functional groups attached to an aromatic ring is 1. The predicted octanol–water partition coefficient (Wildman–Crippen LogP) is 1.65. The second-order valence-corrected chi connectivity index (χ2v) is 6.22. The van der Waals surface area contributed by atoms with E-state index in [1.165, 1.54) is 5.00 Å². The van der Waals surface area contributed by atoms with Gasteiger partial charge in [-0.1, -0.05) is 11.3 Å². The zero-order valence-corrected chi connectivity index (χ0v) is 11.0. The van der Waals surface area contributed by atoms with Gasteiger partial charge in [0.2, 0.25) is 0 Å². The molecule has 4 nitrogen and oxygen atoms in total. The summed E-state index contributed by atoms with van der Waals surface area (Å²) in [6.45, 7) is 11.2. The van der Waals surface area contributed by atoms with Gasteiger partial charge in [-0.2, -0.15) is 0 Å². The van der Waals surface area contributed by atoms with Gasteiger partial charge in [-0.05, 0) is 20.8 Å². The third-order valence-electron chi connectivity index (χ3n) is 3.05. The lowest BCUT2D eigenvalue weighted by atomic mass is 10.1. The van der Waals surface area contributed by atoms with Crippen LogP contribution in [0.15, 0.2) is 6.20 Å². The van der Waals surface area contributed by atoms with Crippen molar-refractivity contribution in [3.8, 4) is 0 Å². The summed E-state index contributed by atoms with van der Waals surface area (Å²) in [4.78, 5) is 8.99. The van der Waals surface area contributed by atoms with Crippen molar-refractivity contribution in [2.24, 2.45) is 0 Å². The van der Waals surface area contributed by atoms with E-state index in [0.29, 0.717) is 5.13 Å². The van der Waals surface area contributed by atoms with Crippen molar-refractivity contribution in [3.63, 3.8) is 0 Å². The van der Waals surface area contributed by atoms with Crippen LogP contribution in [-0.4, -0.2) is 41.6 Å². The van der Waals surface area contributed by atoms with Gasteiger partial charge < -0.3 is 10.6 Å². The fourth-order valence-electron chi connectivity index (χ4n) is 2.02. The van der Waals surface area contributed by atoms with E-state index in [9.17, 15) is 0 Å². The molecule has 0 atom stereocenters. The fraction of sp³-hybridized carbons (Fsp3) is 0.727. The Kier molecular flexibility index (Phi) is 3.08. The molecule has 1 aliphatic rings. The lowest BCUT2D eigenvalue weighted by Gasteiger charge is -2.42. The Morgan fingerprint density at radius 3 is 2.31 bits per heavy atom. The highest BCUT2D eigenvalue weighted by molar-refractivity contribution is 7.19. The summed E-state index contributed by atoms with van der Waals surface area (Å²) in [5.74, 6) is 0. The molecule has 2 heterocycles. The van der Waals surface area contributed by atoms with E-state index in [1.54, 1.807) is 11.3 Å². The zero-order chi connectivity index (χ0) is 11.8. The van der Waals surface area contributed by atoms with Crippen molar-refractivity contribution in [3.05, 3.63) is 6.20 Å². The number of thiazole rings is 1. The molecule has 1 aromatic rings. The van der Waals surface area contributed by atoms with E-state index in [2.05, 4.69) is 35.6 Å². The lowest BCUT2D eigenvalue weighted by molar-refractivity contribution is 0.128. The molecule has 2 N–H and O–H groups in total. The van der Waals surface area contributed by atoms with Crippen molar-refractivity contribution in [1.82, 2.24) is 9.88 Å². The van der Waals surface area contributed by atoms with Crippen LogP contribution in [0.4, 0.5) is 10.1 Å². The SMILES string of the molecule is CC(C)(C)N1CCN(c2cnc(N)s2)CC1. The van der Waals surface area contributed by atoms with Crippen LogP contribution >= 0.6 is 11.3 Å². The number of piperazine rings is 1. The summed E-state index contributed by atoms with van der Waals surface area (Å²) in [5, 5.41) is 1.86. The molecule has 0 unspecified atom stereocenters. The van der Waals surface area contributed by atoms with Gasteiger partial charge in [-0.25, -0.2) is 4.98 Å². The highest BCUT2D eigenvalue weighted by Gasteiger charge is 2.26. The highest BCUT2D eigenvalue weighted by atomic mass is 32.1. The molecule has 1 aliphatic heterocycles. The molecule has 0 spiro atoms. The summed E-state index contributed by atoms with van der Waals surface area (Å²) in [6.07, 6.45) is 1.88. The second-order valence-electron chi connectivity index (χ2n) is 5.18. The third-order valence-corrected chi connectivity index (χ3v) is 3.94. The Morgan fingerprint density at radius 2 is 1.88 bits per heavy atom. The molecular formula is C11H20N4S. The maximum atomic E-state index is 5.65. The van der Waals surface area contributed by atoms with E-state index in [0.717, 1.165) is 26.2 Å². The van der Waals surface area contributed by atoms with Crippen LogP contribution in [0.25, 0.3) is 0 Å². The van der Waals surface area contributed by atoms with Crippen molar-refractivity contribution in [2.45, 2.75) is 26.3 Å². The van der Waals surface area contributed by atoms with Crippen LogP contribution in [-0.2, 0) is 0 Å². The summed E-state index contributed by atoms with van der Waals surface area (Å²) in [7, 11) is 0. The second kappa shape index (κ2) is 4.22. The number of hydrogen-bond donors (Lipinski definition) is 1. The zero-order valence-electron chi connectivity index (χ0n) is 10.2. The normalized spacial score (nSPS) is 19.1. The molecular weight excluding hydrogens is 220 g/mol. The van der Waals surface area contributed by atoms with E-state index in [4.69, 9.17) is 5.73 Å². The van der Waals surface area contributed by atoms with Crippen molar-refractivity contribution in [1.29, 1.82) is 0 Å². The number of nitrogens with two attached hydrogens (primary N) is 1. The van der Waals surface area contributed by atoms with E-state index in [1.807, 2.05) is 6.20 Å². The number of hydrogen-bond acceptors (Lipinski definition) is 5. The lowest BCUT2D eigenvalue weighted by Crippen LogP contribution is -2.53. The van der Waals surface area contributed by atoms with E-state index < -0.39 is 0 Å². The minimum Gasteiger partial charge on any atom is -0.375 e. The highest BCUT2D eigenvalue weighted by Crippen LogP contribution is 2.27. The molecule has 0 amide bonds. The van der Waals surface area contributed by atoms with Gasteiger partial charge in [0, 0.05) is 31.7 Å². The standard InChI is InChI=1S/C11H20N4S/c1-11(2,3)15-6-4-14(5-7-15)9-8-13-10(12)16-9/h8H,4-7H2,1-3H3,(H2,12,13). The van der Waals surface area contributed by atoms with Crippen molar-refractivity contribution in [2.75, 3.05) is 36.8 Å². The molecule has 1 saturated heterocycles. The van der Waals surface area contributed by atoms with Crippen LogP contribution in [0.3, 0.4) is 0 Å². The van der Waals surface area contributed by atoms with Crippen LogP contribution in [0.2, 0.25) is 0 Å². The van der Waals surface area contributed by atoms with Gasteiger partial charge in [0.15, 0.2) is 5.13 Å². The largest absolute Gasteiger partial charge is 0.375 e. The summed E-state index contributed by atoms with van der Waals surface area (Å²) in [5.41, 5.74) is 5.93. The number of rotatable bonds is 1. The van der Waals surface area contributed by atoms with Crippen molar-refractivity contribution < 1.29 is 0 Å². The Morgan fingerprint density at radius 1 is 1.25 bits per heavy atom. The Bertz CT molecular complexity index is 347. The minimum absolute atomic E-state index is 0.277. The van der Waals surface area contributed by atoms with Crippen LogP contribution in [0.5, 0.6) is 0 Å². The fourth-order valence-corrected chi connectivity index (χ4v) is 2.76. The topological polar surface area (TPSA) is 45.4 Å². The van der Waals surface area contributed by atoms with Gasteiger partial charge in [-0.15, -0.1) is 0 Å². The summed E-state index contributed by atoms with van der Waals surface area (Å²) >= 11 is 1.58. The maximum absolute atomic E-state index is 5.65. The average molecular weight is 240 g/mol. The molecule has 0 aliphatic carbocycles. The monoisotopic (exact) mass is 240 g/mol. The Hall–Kier alpha value is -0.810. The van der Waals surface area contributed by atoms with Crippen molar-refractivity contribution >= 4 is 21.5 Å². The van der Waals surface area contributed by atoms with Crippen LogP contribution in [0, 0.1) is 0 Å². The van der Waals surface area contributed by atoms with Gasteiger partial charge in [-0.3, -0.25) is 4.90 Å². The maximum Gasteiger partial charge on any atom is 0.181 e. The first kappa shape index (κ1) is 11.7. The number of anilines is 2. The van der Waals surface area contributed by atoms with Crippen LogP contribution in [0.1, 0.15) is 20.8 Å². The molecule has 90 valence electrons. The smallest absolute Gasteiger partial charge is 0.181 e. The average Bonchev–Trinajstić information content (AvgIpc) is 2.64. The molecule has 1 fully saturated rings. The molecule has 2 rings (SSSR count). The third kappa shape index (κ3) is 2.47. The molecule has 0 radical (unpaired) electrons. The van der Waals surface area contributed by atoms with E-state index >= 15 is 0 Å². The molecule has 5 heteroatoms.